The third-order valence-electron chi connectivity index (χ3n) is 2.18. The first-order valence-electron chi connectivity index (χ1n) is 4.62. The van der Waals surface area contributed by atoms with Crippen molar-refractivity contribution in [3.8, 4) is 0 Å². The van der Waals surface area contributed by atoms with Crippen molar-refractivity contribution in [2.45, 2.75) is 19.8 Å². The molecule has 0 heterocycles. The smallest absolute Gasteiger partial charge is 0.310 e. The Labute approximate surface area is 103 Å². The lowest BCUT2D eigenvalue weighted by molar-refractivity contribution is -0.139. The van der Waals surface area contributed by atoms with E-state index in [9.17, 15) is 4.79 Å². The third kappa shape index (κ3) is 3.21. The van der Waals surface area contributed by atoms with Crippen LogP contribution in [0.4, 0.5) is 0 Å². The molecule has 0 radical (unpaired) electrons. The number of hydrogen-bond acceptors (Lipinski definition) is 2. The van der Waals surface area contributed by atoms with Crippen molar-refractivity contribution >= 4 is 33.5 Å². The fourth-order valence-corrected chi connectivity index (χ4v) is 2.40. The maximum absolute atomic E-state index is 11.2. The molecule has 0 saturated carbocycles. The number of benzene rings is 1. The molecule has 0 N–H and O–H groups in total. The zero-order valence-corrected chi connectivity index (χ0v) is 11.0. The van der Waals surface area contributed by atoms with Crippen LogP contribution in [0.3, 0.4) is 0 Å². The average molecular weight is 292 g/mol. The highest BCUT2D eigenvalue weighted by Crippen LogP contribution is 2.26. The van der Waals surface area contributed by atoms with E-state index in [1.807, 2.05) is 13.0 Å². The molecule has 0 aromatic heterocycles. The SMILES string of the molecule is CCc1cc(Cl)cc(Br)c1CC(=O)OC. The fourth-order valence-electron chi connectivity index (χ4n) is 1.39. The predicted octanol–water partition coefficient (Wildman–Crippen LogP) is 3.38. The molecule has 1 aromatic carbocycles. The summed E-state index contributed by atoms with van der Waals surface area (Å²) in [5.41, 5.74) is 2.02. The number of rotatable bonds is 3. The third-order valence-corrected chi connectivity index (χ3v) is 3.11. The van der Waals surface area contributed by atoms with Gasteiger partial charge in [0.25, 0.3) is 0 Å². The Hall–Kier alpha value is -0.540. The summed E-state index contributed by atoms with van der Waals surface area (Å²) >= 11 is 9.33. The van der Waals surface area contributed by atoms with Crippen LogP contribution in [-0.4, -0.2) is 13.1 Å². The maximum atomic E-state index is 11.2. The molecule has 0 spiro atoms. The Balaban J connectivity index is 3.09. The Bertz CT molecular complexity index is 377. The molecule has 0 aliphatic rings. The van der Waals surface area contributed by atoms with Crippen molar-refractivity contribution in [3.63, 3.8) is 0 Å². The number of hydrogen-bond donors (Lipinski definition) is 0. The van der Waals surface area contributed by atoms with Crippen molar-refractivity contribution in [2.24, 2.45) is 0 Å². The van der Waals surface area contributed by atoms with Gasteiger partial charge in [-0.1, -0.05) is 34.5 Å². The molecule has 1 rings (SSSR count). The van der Waals surface area contributed by atoms with Crippen LogP contribution in [0.5, 0.6) is 0 Å². The minimum Gasteiger partial charge on any atom is -0.469 e. The van der Waals surface area contributed by atoms with Crippen molar-refractivity contribution in [2.75, 3.05) is 7.11 Å². The Morgan fingerprint density at radius 1 is 1.53 bits per heavy atom. The lowest BCUT2D eigenvalue weighted by Crippen LogP contribution is -2.07. The zero-order chi connectivity index (χ0) is 11.4. The van der Waals surface area contributed by atoms with Gasteiger partial charge < -0.3 is 4.74 Å². The summed E-state index contributed by atoms with van der Waals surface area (Å²) in [5, 5.41) is 0.673. The Morgan fingerprint density at radius 2 is 2.20 bits per heavy atom. The summed E-state index contributed by atoms with van der Waals surface area (Å²) in [6, 6.07) is 3.67. The van der Waals surface area contributed by atoms with Gasteiger partial charge in [-0.3, -0.25) is 4.79 Å². The summed E-state index contributed by atoms with van der Waals surface area (Å²) in [6.07, 6.45) is 1.11. The quantitative estimate of drug-likeness (QED) is 0.798. The zero-order valence-electron chi connectivity index (χ0n) is 8.64. The van der Waals surface area contributed by atoms with E-state index < -0.39 is 0 Å². The number of halogens is 2. The van der Waals surface area contributed by atoms with Gasteiger partial charge in [-0.2, -0.15) is 0 Å². The first kappa shape index (κ1) is 12.5. The molecular formula is C11H12BrClO2. The van der Waals surface area contributed by atoms with E-state index in [2.05, 4.69) is 20.7 Å². The minimum atomic E-state index is -0.243. The molecule has 82 valence electrons. The highest BCUT2D eigenvalue weighted by atomic mass is 79.9. The standard InChI is InChI=1S/C11H12BrClO2/c1-3-7-4-8(13)5-10(12)9(7)6-11(14)15-2/h4-5H,3,6H2,1-2H3. The lowest BCUT2D eigenvalue weighted by Gasteiger charge is -2.10. The normalized spacial score (nSPS) is 10.1. The molecule has 4 heteroatoms. The molecule has 0 aliphatic heterocycles. The number of esters is 1. The van der Waals surface area contributed by atoms with Crippen molar-refractivity contribution < 1.29 is 9.53 Å². The Morgan fingerprint density at radius 3 is 2.73 bits per heavy atom. The van der Waals surface area contributed by atoms with Gasteiger partial charge in [0.2, 0.25) is 0 Å². The van der Waals surface area contributed by atoms with E-state index in [0.717, 1.165) is 22.0 Å². The van der Waals surface area contributed by atoms with Crippen LogP contribution >= 0.6 is 27.5 Å². The first-order chi connectivity index (χ1) is 7.08. The molecule has 0 aliphatic carbocycles. The van der Waals surface area contributed by atoms with Crippen molar-refractivity contribution in [1.82, 2.24) is 0 Å². The average Bonchev–Trinajstić information content (AvgIpc) is 2.21. The second-order valence-corrected chi connectivity index (χ2v) is 4.42. The second-order valence-electron chi connectivity index (χ2n) is 3.13. The molecule has 15 heavy (non-hydrogen) atoms. The second kappa shape index (κ2) is 5.52. The molecule has 0 bridgehead atoms. The lowest BCUT2D eigenvalue weighted by atomic mass is 10.0. The van der Waals surface area contributed by atoms with Gasteiger partial charge in [0.15, 0.2) is 0 Å². The van der Waals surface area contributed by atoms with Gasteiger partial charge in [-0.25, -0.2) is 0 Å². The number of ether oxygens (including phenoxy) is 1. The molecular weight excluding hydrogens is 279 g/mol. The number of methoxy groups -OCH3 is 1. The first-order valence-corrected chi connectivity index (χ1v) is 5.79. The van der Waals surface area contributed by atoms with Crippen LogP contribution in [0.1, 0.15) is 18.1 Å². The summed E-state index contributed by atoms with van der Waals surface area (Å²) < 4.78 is 5.50. The molecule has 2 nitrogen and oxygen atoms in total. The summed E-state index contributed by atoms with van der Waals surface area (Å²) in [4.78, 5) is 11.2. The van der Waals surface area contributed by atoms with Gasteiger partial charge in [0.05, 0.1) is 13.5 Å². The highest BCUT2D eigenvalue weighted by molar-refractivity contribution is 9.10. The summed E-state index contributed by atoms with van der Waals surface area (Å²) in [7, 11) is 1.39. The van der Waals surface area contributed by atoms with E-state index in [4.69, 9.17) is 11.6 Å². The van der Waals surface area contributed by atoms with Gasteiger partial charge in [-0.05, 0) is 29.7 Å². The Kier molecular flexibility index (Phi) is 4.61. The summed E-state index contributed by atoms with van der Waals surface area (Å²) in [6.45, 7) is 2.03. The maximum Gasteiger partial charge on any atom is 0.310 e. The van der Waals surface area contributed by atoms with Crippen LogP contribution < -0.4 is 0 Å². The van der Waals surface area contributed by atoms with Crippen molar-refractivity contribution in [1.29, 1.82) is 0 Å². The van der Waals surface area contributed by atoms with Crippen LogP contribution in [0.25, 0.3) is 0 Å². The van der Waals surface area contributed by atoms with E-state index in [1.54, 1.807) is 6.07 Å². The van der Waals surface area contributed by atoms with Crippen molar-refractivity contribution in [3.05, 3.63) is 32.8 Å². The van der Waals surface area contributed by atoms with Crippen LogP contribution in [0.2, 0.25) is 5.02 Å². The largest absolute Gasteiger partial charge is 0.469 e. The molecule has 0 atom stereocenters. The van der Waals surface area contributed by atoms with Crippen LogP contribution in [-0.2, 0) is 22.4 Å². The monoisotopic (exact) mass is 290 g/mol. The van der Waals surface area contributed by atoms with Crippen LogP contribution in [0, 0.1) is 0 Å². The van der Waals surface area contributed by atoms with E-state index >= 15 is 0 Å². The topological polar surface area (TPSA) is 26.3 Å². The van der Waals surface area contributed by atoms with Gasteiger partial charge in [0.1, 0.15) is 0 Å². The van der Waals surface area contributed by atoms with Gasteiger partial charge >= 0.3 is 5.97 Å². The number of carbonyl (C=O) groups excluding carboxylic acids is 1. The molecule has 1 aromatic rings. The minimum absolute atomic E-state index is 0.243. The highest BCUT2D eigenvalue weighted by Gasteiger charge is 2.11. The molecule has 0 saturated heterocycles. The molecule has 0 unspecified atom stereocenters. The van der Waals surface area contributed by atoms with E-state index in [-0.39, 0.29) is 12.4 Å². The van der Waals surface area contributed by atoms with E-state index in [0.29, 0.717) is 5.02 Å². The molecule has 0 fully saturated rings. The van der Waals surface area contributed by atoms with Crippen LogP contribution in [0.15, 0.2) is 16.6 Å². The fraction of sp³-hybridized carbons (Fsp3) is 0.364. The van der Waals surface area contributed by atoms with E-state index in [1.165, 1.54) is 7.11 Å². The van der Waals surface area contributed by atoms with Gasteiger partial charge in [-0.15, -0.1) is 0 Å². The number of aryl methyl sites for hydroxylation is 1. The summed E-state index contributed by atoms with van der Waals surface area (Å²) in [5.74, 6) is -0.243. The molecule has 0 amide bonds. The number of carbonyl (C=O) groups is 1. The van der Waals surface area contributed by atoms with Gasteiger partial charge in [0, 0.05) is 9.50 Å². The predicted molar refractivity (Wildman–Crippen MR) is 64.3 cm³/mol.